The summed E-state index contributed by atoms with van der Waals surface area (Å²) >= 11 is 0. The number of nitriles is 1. The van der Waals surface area contributed by atoms with Gasteiger partial charge in [-0.25, -0.2) is 17.8 Å². The molecule has 3 aliphatic rings. The van der Waals surface area contributed by atoms with Gasteiger partial charge in [-0.2, -0.15) is 9.57 Å². The highest BCUT2D eigenvalue weighted by molar-refractivity contribution is 7.89. The second kappa shape index (κ2) is 7.25. The molecule has 2 aliphatic heterocycles. The van der Waals surface area contributed by atoms with Crippen LogP contribution in [0.2, 0.25) is 0 Å². The van der Waals surface area contributed by atoms with Crippen molar-refractivity contribution in [1.82, 2.24) is 14.2 Å². The van der Waals surface area contributed by atoms with Crippen LogP contribution in [-0.2, 0) is 10.0 Å². The molecule has 0 N–H and O–H groups in total. The minimum absolute atomic E-state index is 0.0530. The van der Waals surface area contributed by atoms with Gasteiger partial charge in [0.1, 0.15) is 23.4 Å². The highest BCUT2D eigenvalue weighted by Crippen LogP contribution is 2.52. The molecule has 32 heavy (non-hydrogen) atoms. The van der Waals surface area contributed by atoms with Crippen molar-refractivity contribution in [2.24, 2.45) is 5.41 Å². The highest BCUT2D eigenvalue weighted by atomic mass is 32.2. The van der Waals surface area contributed by atoms with Gasteiger partial charge in [-0.15, -0.1) is 0 Å². The molecule has 1 aromatic heterocycles. The Hall–Kier alpha value is -3.03. The zero-order valence-corrected chi connectivity index (χ0v) is 18.2. The summed E-state index contributed by atoms with van der Waals surface area (Å²) in [6.07, 6.45) is 2.68. The van der Waals surface area contributed by atoms with Crippen LogP contribution in [0, 0.1) is 22.6 Å². The maximum Gasteiger partial charge on any atom is 0.276 e. The maximum atomic E-state index is 14.0. The minimum atomic E-state index is -3.88. The summed E-state index contributed by atoms with van der Waals surface area (Å²) in [5.74, 6) is -0.692. The lowest BCUT2D eigenvalue weighted by Gasteiger charge is -2.60. The number of benzene rings is 1. The fourth-order valence-electron chi connectivity index (χ4n) is 4.97. The number of hydrogen-bond acceptors (Lipinski definition) is 6. The molecule has 0 unspecified atom stereocenters. The standard InChI is InChI=1S/C22H21FN4O4S/c1-14-11-31-18-6-15(9-24)10-25-20(18)21(28)27(14)16-7-22(8-16)12-26(13-22)32(29,30)19-5-3-2-4-17(19)23/h2-6,10,14,16H,7-8,11-13H2,1H3/t14-/m1/s1. The van der Waals surface area contributed by atoms with Gasteiger partial charge in [0.25, 0.3) is 5.91 Å². The zero-order chi connectivity index (χ0) is 22.7. The van der Waals surface area contributed by atoms with Crippen molar-refractivity contribution in [2.45, 2.75) is 36.7 Å². The molecule has 2 aromatic rings. The summed E-state index contributed by atoms with van der Waals surface area (Å²) in [5.41, 5.74) is 0.314. The molecular weight excluding hydrogens is 435 g/mol. The molecule has 3 heterocycles. The van der Waals surface area contributed by atoms with Gasteiger partial charge in [-0.05, 0) is 31.9 Å². The van der Waals surface area contributed by atoms with Gasteiger partial charge >= 0.3 is 0 Å². The van der Waals surface area contributed by atoms with Crippen LogP contribution in [-0.4, -0.2) is 60.3 Å². The number of pyridine rings is 1. The van der Waals surface area contributed by atoms with E-state index in [0.717, 1.165) is 6.07 Å². The second-order valence-electron chi connectivity index (χ2n) is 8.82. The Balaban J connectivity index is 1.29. The number of ether oxygens (including phenoxy) is 1. The Morgan fingerprint density at radius 3 is 2.69 bits per heavy atom. The zero-order valence-electron chi connectivity index (χ0n) is 17.4. The van der Waals surface area contributed by atoms with E-state index in [1.54, 1.807) is 4.90 Å². The summed E-state index contributed by atoms with van der Waals surface area (Å²) in [6, 6.07) is 8.65. The Morgan fingerprint density at radius 2 is 2.00 bits per heavy atom. The van der Waals surface area contributed by atoms with Gasteiger partial charge in [0.2, 0.25) is 10.0 Å². The lowest BCUT2D eigenvalue weighted by Crippen LogP contribution is -2.68. The van der Waals surface area contributed by atoms with Crippen LogP contribution in [0.3, 0.4) is 0 Å². The molecule has 10 heteroatoms. The number of sulfonamides is 1. The number of halogens is 1. The Bertz CT molecular complexity index is 1240. The summed E-state index contributed by atoms with van der Waals surface area (Å²) in [6.45, 7) is 2.81. The van der Waals surface area contributed by atoms with Gasteiger partial charge in [-0.3, -0.25) is 4.79 Å². The molecule has 8 nitrogen and oxygen atoms in total. The number of carbonyl (C=O) groups is 1. The summed E-state index contributed by atoms with van der Waals surface area (Å²) in [4.78, 5) is 18.8. The fourth-order valence-corrected chi connectivity index (χ4v) is 6.71. The number of aromatic nitrogens is 1. The van der Waals surface area contributed by atoms with Crippen LogP contribution in [0.15, 0.2) is 41.4 Å². The molecule has 2 fully saturated rings. The van der Waals surface area contributed by atoms with Gasteiger partial charge in [0, 0.05) is 36.8 Å². The molecule has 1 aromatic carbocycles. The fraction of sp³-hybridized carbons (Fsp3) is 0.409. The van der Waals surface area contributed by atoms with Crippen LogP contribution < -0.4 is 4.74 Å². The molecule has 5 rings (SSSR count). The largest absolute Gasteiger partial charge is 0.489 e. The van der Waals surface area contributed by atoms with Gasteiger partial charge in [0.15, 0.2) is 11.4 Å². The normalized spacial score (nSPS) is 22.8. The molecule has 1 aliphatic carbocycles. The Morgan fingerprint density at radius 1 is 1.28 bits per heavy atom. The lowest BCUT2D eigenvalue weighted by atomic mass is 9.61. The van der Waals surface area contributed by atoms with Gasteiger partial charge in [0.05, 0.1) is 11.6 Å². The van der Waals surface area contributed by atoms with Gasteiger partial charge in [-0.1, -0.05) is 12.1 Å². The SMILES string of the molecule is C[C@@H]1COc2cc(C#N)cnc2C(=O)N1C1CC2(C1)CN(S(=O)(=O)c1ccccc1F)C2. The average Bonchev–Trinajstić information content (AvgIpc) is 2.83. The molecule has 1 saturated heterocycles. The van der Waals surface area contributed by atoms with Crippen LogP contribution in [0.25, 0.3) is 0 Å². The average molecular weight is 456 g/mol. The molecule has 1 atom stereocenters. The van der Waals surface area contributed by atoms with E-state index in [0.29, 0.717) is 37.2 Å². The van der Waals surface area contributed by atoms with Crippen molar-refractivity contribution >= 4 is 15.9 Å². The van der Waals surface area contributed by atoms with E-state index in [1.165, 1.54) is 34.8 Å². The molecule has 1 spiro atoms. The van der Waals surface area contributed by atoms with E-state index in [1.807, 2.05) is 13.0 Å². The molecule has 0 bridgehead atoms. The van der Waals surface area contributed by atoms with E-state index in [4.69, 9.17) is 10.00 Å². The first-order valence-electron chi connectivity index (χ1n) is 10.3. The third kappa shape index (κ3) is 3.15. The van der Waals surface area contributed by atoms with Crippen molar-refractivity contribution in [3.05, 3.63) is 53.6 Å². The van der Waals surface area contributed by atoms with Crippen molar-refractivity contribution in [3.8, 4) is 11.8 Å². The number of rotatable bonds is 3. The number of nitrogens with zero attached hydrogens (tertiary/aromatic N) is 4. The van der Waals surface area contributed by atoms with Crippen molar-refractivity contribution in [2.75, 3.05) is 19.7 Å². The quantitative estimate of drug-likeness (QED) is 0.701. The molecular formula is C22H21FN4O4S. The van der Waals surface area contributed by atoms with E-state index in [9.17, 15) is 17.6 Å². The van der Waals surface area contributed by atoms with E-state index >= 15 is 0 Å². The van der Waals surface area contributed by atoms with E-state index < -0.39 is 15.8 Å². The van der Waals surface area contributed by atoms with Crippen LogP contribution in [0.1, 0.15) is 35.8 Å². The Labute approximate surface area is 185 Å². The summed E-state index contributed by atoms with van der Waals surface area (Å²) in [7, 11) is -3.88. The highest BCUT2D eigenvalue weighted by Gasteiger charge is 2.58. The minimum Gasteiger partial charge on any atom is -0.489 e. The topological polar surface area (TPSA) is 104 Å². The molecule has 1 amide bonds. The molecule has 1 saturated carbocycles. The first kappa shape index (κ1) is 20.8. The first-order chi connectivity index (χ1) is 15.2. The number of hydrogen-bond donors (Lipinski definition) is 0. The van der Waals surface area contributed by atoms with Crippen LogP contribution in [0.4, 0.5) is 4.39 Å². The predicted molar refractivity (Wildman–Crippen MR) is 111 cm³/mol. The molecule has 166 valence electrons. The van der Waals surface area contributed by atoms with Crippen molar-refractivity contribution < 1.29 is 22.3 Å². The van der Waals surface area contributed by atoms with Crippen molar-refractivity contribution in [1.29, 1.82) is 5.26 Å². The van der Waals surface area contributed by atoms with Crippen molar-refractivity contribution in [3.63, 3.8) is 0 Å². The third-order valence-corrected chi connectivity index (χ3v) is 8.41. The number of fused-ring (bicyclic) bond motifs is 1. The second-order valence-corrected chi connectivity index (χ2v) is 10.7. The third-order valence-electron chi connectivity index (χ3n) is 6.58. The Kier molecular flexibility index (Phi) is 4.72. The summed E-state index contributed by atoms with van der Waals surface area (Å²) in [5, 5.41) is 9.06. The van der Waals surface area contributed by atoms with Crippen LogP contribution in [0.5, 0.6) is 5.75 Å². The smallest absolute Gasteiger partial charge is 0.276 e. The number of carbonyl (C=O) groups excluding carboxylic acids is 1. The van der Waals surface area contributed by atoms with E-state index in [-0.39, 0.29) is 40.6 Å². The first-order valence-corrected chi connectivity index (χ1v) is 11.8. The maximum absolute atomic E-state index is 14.0. The number of amides is 1. The monoisotopic (exact) mass is 456 g/mol. The summed E-state index contributed by atoms with van der Waals surface area (Å²) < 4.78 is 46.6. The lowest BCUT2D eigenvalue weighted by molar-refractivity contribution is -0.0756. The molecule has 0 radical (unpaired) electrons. The van der Waals surface area contributed by atoms with Gasteiger partial charge < -0.3 is 9.64 Å². The predicted octanol–water partition coefficient (Wildman–Crippen LogP) is 2.17. The van der Waals surface area contributed by atoms with Crippen LogP contribution >= 0.6 is 0 Å². The van der Waals surface area contributed by atoms with E-state index in [2.05, 4.69) is 4.98 Å².